The van der Waals surface area contributed by atoms with Crippen molar-refractivity contribution < 1.29 is 0 Å². The summed E-state index contributed by atoms with van der Waals surface area (Å²) in [5, 5.41) is 2.96. The standard InChI is InChI=1S/C5H14N2S/c1-3-8-4-5(6)7-2/h5,7H,3-4,6H2,1-2H3. The third-order valence-electron chi connectivity index (χ3n) is 0.872. The summed E-state index contributed by atoms with van der Waals surface area (Å²) in [5.74, 6) is 2.16. The van der Waals surface area contributed by atoms with Crippen LogP contribution in [0.5, 0.6) is 0 Å². The molecule has 8 heavy (non-hydrogen) atoms. The average molecular weight is 134 g/mol. The minimum absolute atomic E-state index is 0.167. The molecule has 50 valence electrons. The lowest BCUT2D eigenvalue weighted by Gasteiger charge is -2.06. The van der Waals surface area contributed by atoms with Crippen LogP contribution in [0.25, 0.3) is 0 Å². The summed E-state index contributed by atoms with van der Waals surface area (Å²) in [6.07, 6.45) is 0.167. The van der Waals surface area contributed by atoms with Crippen LogP contribution < -0.4 is 11.1 Å². The van der Waals surface area contributed by atoms with E-state index in [2.05, 4.69) is 12.2 Å². The molecule has 1 atom stereocenters. The summed E-state index contributed by atoms with van der Waals surface area (Å²) in [7, 11) is 1.88. The van der Waals surface area contributed by atoms with Crippen LogP contribution >= 0.6 is 11.8 Å². The van der Waals surface area contributed by atoms with Crippen molar-refractivity contribution in [2.24, 2.45) is 5.73 Å². The number of rotatable bonds is 4. The first-order chi connectivity index (χ1) is 3.81. The lowest BCUT2D eigenvalue weighted by molar-refractivity contribution is 0.648. The second-order valence-corrected chi connectivity index (χ2v) is 2.87. The first kappa shape index (κ1) is 8.27. The summed E-state index contributed by atoms with van der Waals surface area (Å²) in [6.45, 7) is 2.13. The monoisotopic (exact) mass is 134 g/mol. The normalized spacial score (nSPS) is 13.9. The van der Waals surface area contributed by atoms with E-state index in [1.54, 1.807) is 0 Å². The molecule has 0 aliphatic carbocycles. The van der Waals surface area contributed by atoms with Crippen molar-refractivity contribution in [1.82, 2.24) is 5.32 Å². The molecule has 0 aliphatic heterocycles. The molecule has 0 aromatic heterocycles. The van der Waals surface area contributed by atoms with Crippen molar-refractivity contribution in [2.45, 2.75) is 13.1 Å². The molecule has 1 unspecified atom stereocenters. The highest BCUT2D eigenvalue weighted by Crippen LogP contribution is 1.96. The molecule has 0 aliphatic rings. The number of hydrogen-bond acceptors (Lipinski definition) is 3. The molecular weight excluding hydrogens is 120 g/mol. The zero-order valence-electron chi connectivity index (χ0n) is 5.48. The SMILES string of the molecule is CCSCC(N)NC. The van der Waals surface area contributed by atoms with E-state index in [-0.39, 0.29) is 6.17 Å². The van der Waals surface area contributed by atoms with Gasteiger partial charge in [-0.15, -0.1) is 0 Å². The van der Waals surface area contributed by atoms with Crippen molar-refractivity contribution in [3.8, 4) is 0 Å². The van der Waals surface area contributed by atoms with Gasteiger partial charge in [0.15, 0.2) is 0 Å². The van der Waals surface area contributed by atoms with E-state index in [1.807, 2.05) is 18.8 Å². The second kappa shape index (κ2) is 5.41. The van der Waals surface area contributed by atoms with Gasteiger partial charge in [-0.05, 0) is 12.8 Å². The maximum absolute atomic E-state index is 5.53. The molecule has 0 rings (SSSR count). The van der Waals surface area contributed by atoms with Crippen molar-refractivity contribution >= 4 is 11.8 Å². The smallest absolute Gasteiger partial charge is 0.0637 e. The Kier molecular flexibility index (Phi) is 5.59. The molecule has 0 spiro atoms. The summed E-state index contributed by atoms with van der Waals surface area (Å²) < 4.78 is 0. The van der Waals surface area contributed by atoms with Gasteiger partial charge in [-0.2, -0.15) is 11.8 Å². The summed E-state index contributed by atoms with van der Waals surface area (Å²) in [4.78, 5) is 0. The van der Waals surface area contributed by atoms with Gasteiger partial charge in [0, 0.05) is 5.75 Å². The Hall–Kier alpha value is 0.270. The number of hydrogen-bond donors (Lipinski definition) is 2. The van der Waals surface area contributed by atoms with Crippen molar-refractivity contribution in [3.63, 3.8) is 0 Å². The van der Waals surface area contributed by atoms with Crippen LogP contribution in [-0.4, -0.2) is 24.7 Å². The van der Waals surface area contributed by atoms with Gasteiger partial charge in [-0.3, -0.25) is 0 Å². The average Bonchev–Trinajstić information content (AvgIpc) is 1.83. The Bertz CT molecular complexity index is 49.7. The number of nitrogens with one attached hydrogen (secondary N) is 1. The minimum atomic E-state index is 0.167. The topological polar surface area (TPSA) is 38.0 Å². The fraction of sp³-hybridized carbons (Fsp3) is 1.00. The highest BCUT2D eigenvalue weighted by Gasteiger charge is 1.93. The fourth-order valence-corrected chi connectivity index (χ4v) is 0.984. The van der Waals surface area contributed by atoms with Gasteiger partial charge < -0.3 is 11.1 Å². The van der Waals surface area contributed by atoms with Crippen LogP contribution in [-0.2, 0) is 0 Å². The Balaban J connectivity index is 2.86. The summed E-state index contributed by atoms with van der Waals surface area (Å²) >= 11 is 1.85. The Morgan fingerprint density at radius 3 is 2.75 bits per heavy atom. The molecule has 0 heterocycles. The third-order valence-corrected chi connectivity index (χ3v) is 1.88. The maximum atomic E-state index is 5.53. The lowest BCUT2D eigenvalue weighted by Crippen LogP contribution is -2.36. The molecule has 0 saturated carbocycles. The van der Waals surface area contributed by atoms with Gasteiger partial charge in [-0.25, -0.2) is 0 Å². The van der Waals surface area contributed by atoms with Crippen LogP contribution in [0.4, 0.5) is 0 Å². The molecule has 2 nitrogen and oxygen atoms in total. The van der Waals surface area contributed by atoms with Gasteiger partial charge in [0.25, 0.3) is 0 Å². The third kappa shape index (κ3) is 4.43. The predicted molar refractivity (Wildman–Crippen MR) is 40.0 cm³/mol. The summed E-state index contributed by atoms with van der Waals surface area (Å²) in [5.41, 5.74) is 5.53. The summed E-state index contributed by atoms with van der Waals surface area (Å²) in [6, 6.07) is 0. The molecule has 0 aromatic carbocycles. The van der Waals surface area contributed by atoms with E-state index in [4.69, 9.17) is 5.73 Å². The first-order valence-electron chi connectivity index (χ1n) is 2.81. The van der Waals surface area contributed by atoms with Crippen LogP contribution in [0.1, 0.15) is 6.92 Å². The van der Waals surface area contributed by atoms with Crippen LogP contribution in [0.3, 0.4) is 0 Å². The highest BCUT2D eigenvalue weighted by molar-refractivity contribution is 7.99. The molecule has 0 fully saturated rings. The second-order valence-electron chi connectivity index (χ2n) is 1.55. The quantitative estimate of drug-likeness (QED) is 0.541. The van der Waals surface area contributed by atoms with E-state index in [9.17, 15) is 0 Å². The van der Waals surface area contributed by atoms with Gasteiger partial charge >= 0.3 is 0 Å². The van der Waals surface area contributed by atoms with E-state index in [0.29, 0.717) is 0 Å². The Morgan fingerprint density at radius 2 is 2.38 bits per heavy atom. The van der Waals surface area contributed by atoms with Gasteiger partial charge in [0.1, 0.15) is 0 Å². The van der Waals surface area contributed by atoms with Crippen molar-refractivity contribution in [1.29, 1.82) is 0 Å². The first-order valence-corrected chi connectivity index (χ1v) is 3.97. The van der Waals surface area contributed by atoms with E-state index in [1.165, 1.54) is 0 Å². The van der Waals surface area contributed by atoms with Gasteiger partial charge in [0.05, 0.1) is 6.17 Å². The largest absolute Gasteiger partial charge is 0.315 e. The highest BCUT2D eigenvalue weighted by atomic mass is 32.2. The van der Waals surface area contributed by atoms with Crippen molar-refractivity contribution in [2.75, 3.05) is 18.6 Å². The molecule has 0 radical (unpaired) electrons. The van der Waals surface area contributed by atoms with Gasteiger partial charge in [0.2, 0.25) is 0 Å². The minimum Gasteiger partial charge on any atom is -0.315 e. The maximum Gasteiger partial charge on any atom is 0.0637 e. The van der Waals surface area contributed by atoms with Crippen LogP contribution in [0, 0.1) is 0 Å². The Morgan fingerprint density at radius 1 is 1.75 bits per heavy atom. The van der Waals surface area contributed by atoms with Crippen LogP contribution in [0.15, 0.2) is 0 Å². The predicted octanol–water partition coefficient (Wildman–Crippen LogP) is 0.244. The lowest BCUT2D eigenvalue weighted by atomic mass is 10.6. The van der Waals surface area contributed by atoms with E-state index in [0.717, 1.165) is 11.5 Å². The molecule has 3 heteroatoms. The molecule has 0 saturated heterocycles. The molecule has 3 N–H and O–H groups in total. The molecule has 0 amide bonds. The Labute approximate surface area is 55.2 Å². The zero-order chi connectivity index (χ0) is 6.41. The van der Waals surface area contributed by atoms with E-state index >= 15 is 0 Å². The zero-order valence-corrected chi connectivity index (χ0v) is 6.29. The van der Waals surface area contributed by atoms with Crippen LogP contribution in [0.2, 0.25) is 0 Å². The van der Waals surface area contributed by atoms with Crippen molar-refractivity contribution in [3.05, 3.63) is 0 Å². The molecule has 0 bridgehead atoms. The van der Waals surface area contributed by atoms with Gasteiger partial charge in [-0.1, -0.05) is 6.92 Å². The van der Waals surface area contributed by atoms with E-state index < -0.39 is 0 Å². The molecule has 0 aromatic rings. The number of nitrogens with two attached hydrogens (primary N) is 1. The fourth-order valence-electron chi connectivity index (χ4n) is 0.328. The number of thioether (sulfide) groups is 1. The molecular formula is C5H14N2S.